The summed E-state index contributed by atoms with van der Waals surface area (Å²) in [5.74, 6) is -1.46. The molecule has 0 saturated carbocycles. The van der Waals surface area contributed by atoms with Gasteiger partial charge in [-0.25, -0.2) is 0 Å². The molecule has 3 fully saturated rings. The van der Waals surface area contributed by atoms with Gasteiger partial charge >= 0.3 is 0 Å². The number of anilines is 1. The molecule has 2 aromatic rings. The number of carbonyl (C=O) groups is 3. The van der Waals surface area contributed by atoms with Crippen molar-refractivity contribution in [1.29, 1.82) is 0 Å². The highest BCUT2D eigenvalue weighted by Crippen LogP contribution is 2.69. The van der Waals surface area contributed by atoms with E-state index in [1.807, 2.05) is 60.7 Å². The first kappa shape index (κ1) is 29.1. The standard InChI is InChI=1S/C33H39N3O4S/c1-4-17-34(22-24-13-8-6-9-14-24)32(40)29-33-23(3)21-26(41-33)27(28(33)31(39)36(29)19-12-20-37)30(38)35(18-5-2)25-15-10-7-11-16-25/h4-11,13-16,23,26-29,37H,1-2,12,17-22H2,3H3/t23?,26-,27+,28-,29?,33?/m0/s1. The van der Waals surface area contributed by atoms with Crippen molar-refractivity contribution in [3.63, 3.8) is 0 Å². The highest BCUT2D eigenvalue weighted by Gasteiger charge is 2.76. The molecule has 3 saturated heterocycles. The number of nitrogens with zero attached hydrogens (tertiary/aromatic N) is 3. The van der Waals surface area contributed by atoms with Gasteiger partial charge in [-0.1, -0.05) is 67.6 Å². The lowest BCUT2D eigenvalue weighted by molar-refractivity contribution is -0.143. The first-order chi connectivity index (χ1) is 19.9. The Morgan fingerprint density at radius 3 is 2.34 bits per heavy atom. The molecule has 41 heavy (non-hydrogen) atoms. The third-order valence-corrected chi connectivity index (χ3v) is 10.9. The first-order valence-corrected chi connectivity index (χ1v) is 15.3. The van der Waals surface area contributed by atoms with E-state index in [0.29, 0.717) is 26.1 Å². The summed E-state index contributed by atoms with van der Waals surface area (Å²) in [6.45, 7) is 11.1. The van der Waals surface area contributed by atoms with Gasteiger partial charge in [-0.15, -0.1) is 24.9 Å². The predicted molar refractivity (Wildman–Crippen MR) is 163 cm³/mol. The van der Waals surface area contributed by atoms with Crippen LogP contribution in [0.2, 0.25) is 0 Å². The fourth-order valence-corrected chi connectivity index (χ4v) is 9.58. The molecule has 0 aliphatic carbocycles. The van der Waals surface area contributed by atoms with Crippen LogP contribution in [0.5, 0.6) is 0 Å². The summed E-state index contributed by atoms with van der Waals surface area (Å²) >= 11 is 1.67. The molecule has 2 bridgehead atoms. The highest BCUT2D eigenvalue weighted by atomic mass is 32.2. The topological polar surface area (TPSA) is 81.2 Å². The molecule has 0 radical (unpaired) electrons. The number of thioether (sulfide) groups is 1. The Bertz CT molecular complexity index is 1290. The summed E-state index contributed by atoms with van der Waals surface area (Å²) in [6.07, 6.45) is 4.55. The van der Waals surface area contributed by atoms with Gasteiger partial charge in [0.1, 0.15) is 6.04 Å². The zero-order valence-corrected chi connectivity index (χ0v) is 24.4. The summed E-state index contributed by atoms with van der Waals surface area (Å²) in [7, 11) is 0. The third-order valence-electron chi connectivity index (χ3n) is 8.84. The normalized spacial score (nSPS) is 27.9. The van der Waals surface area contributed by atoms with Crippen LogP contribution >= 0.6 is 11.8 Å². The molecular weight excluding hydrogens is 534 g/mol. The van der Waals surface area contributed by atoms with E-state index in [0.717, 1.165) is 17.7 Å². The predicted octanol–water partition coefficient (Wildman–Crippen LogP) is 4.14. The van der Waals surface area contributed by atoms with E-state index >= 15 is 0 Å². The quantitative estimate of drug-likeness (QED) is 0.386. The molecule has 3 amide bonds. The number of carbonyl (C=O) groups excluding carboxylic acids is 3. The Morgan fingerprint density at radius 2 is 1.71 bits per heavy atom. The molecule has 3 aliphatic heterocycles. The lowest BCUT2D eigenvalue weighted by Crippen LogP contribution is -2.57. The van der Waals surface area contributed by atoms with Crippen LogP contribution in [0.3, 0.4) is 0 Å². The maximum atomic E-state index is 14.6. The number of benzene rings is 2. The lowest BCUT2D eigenvalue weighted by Gasteiger charge is -2.41. The van der Waals surface area contributed by atoms with E-state index in [2.05, 4.69) is 20.1 Å². The van der Waals surface area contributed by atoms with Crippen LogP contribution in [-0.2, 0) is 20.9 Å². The molecule has 2 aromatic carbocycles. The number of likely N-dealkylation sites (tertiary alicyclic amines) is 1. The van der Waals surface area contributed by atoms with E-state index in [1.54, 1.807) is 38.6 Å². The number of hydrogen-bond acceptors (Lipinski definition) is 5. The van der Waals surface area contributed by atoms with Crippen LogP contribution < -0.4 is 4.90 Å². The molecule has 0 aromatic heterocycles. The lowest BCUT2D eigenvalue weighted by atomic mass is 9.65. The van der Waals surface area contributed by atoms with E-state index in [4.69, 9.17) is 0 Å². The SMILES string of the molecule is C=CCN(Cc1ccccc1)C(=O)C1N(CCCO)C(=O)[C@@H]2[C@H](C(=O)N(CC=C)c3ccccc3)[C@@H]3CC(C)C12S3. The van der Waals surface area contributed by atoms with Crippen LogP contribution in [0.25, 0.3) is 0 Å². The van der Waals surface area contributed by atoms with Crippen molar-refractivity contribution in [3.05, 3.63) is 91.5 Å². The minimum absolute atomic E-state index is 0.0558. The van der Waals surface area contributed by atoms with E-state index < -0.39 is 22.6 Å². The van der Waals surface area contributed by atoms with Crippen LogP contribution in [0, 0.1) is 17.8 Å². The van der Waals surface area contributed by atoms with Crippen molar-refractivity contribution in [2.75, 3.05) is 31.1 Å². The number of para-hydroxylation sites is 1. The number of aliphatic hydroxyl groups excluding tert-OH is 1. The maximum absolute atomic E-state index is 14.6. The zero-order chi connectivity index (χ0) is 29.1. The van der Waals surface area contributed by atoms with Gasteiger partial charge in [-0.05, 0) is 36.5 Å². The number of aliphatic hydroxyl groups is 1. The van der Waals surface area contributed by atoms with Gasteiger partial charge in [0, 0.05) is 43.7 Å². The number of amides is 3. The van der Waals surface area contributed by atoms with Gasteiger partial charge in [-0.2, -0.15) is 0 Å². The van der Waals surface area contributed by atoms with Gasteiger partial charge in [0.05, 0.1) is 16.6 Å². The minimum Gasteiger partial charge on any atom is -0.396 e. The van der Waals surface area contributed by atoms with Crippen LogP contribution in [-0.4, -0.2) is 74.9 Å². The van der Waals surface area contributed by atoms with E-state index in [1.165, 1.54) is 0 Å². The summed E-state index contributed by atoms with van der Waals surface area (Å²) in [5.41, 5.74) is 1.76. The molecule has 7 nitrogen and oxygen atoms in total. The number of hydrogen-bond donors (Lipinski definition) is 1. The molecule has 1 N–H and O–H groups in total. The second-order valence-electron chi connectivity index (χ2n) is 11.2. The smallest absolute Gasteiger partial charge is 0.247 e. The zero-order valence-electron chi connectivity index (χ0n) is 23.6. The van der Waals surface area contributed by atoms with Crippen molar-refractivity contribution in [3.8, 4) is 0 Å². The van der Waals surface area contributed by atoms with Gasteiger partial charge in [0.2, 0.25) is 17.7 Å². The summed E-state index contributed by atoms with van der Waals surface area (Å²) < 4.78 is -0.721. The average Bonchev–Trinajstić information content (AvgIpc) is 3.58. The van der Waals surface area contributed by atoms with E-state index in [9.17, 15) is 19.5 Å². The largest absolute Gasteiger partial charge is 0.396 e. The van der Waals surface area contributed by atoms with Crippen LogP contribution in [0.1, 0.15) is 25.3 Å². The van der Waals surface area contributed by atoms with Crippen LogP contribution in [0.4, 0.5) is 5.69 Å². The van der Waals surface area contributed by atoms with Crippen molar-refractivity contribution in [2.45, 2.75) is 42.3 Å². The Kier molecular flexibility index (Phi) is 8.71. The second-order valence-corrected chi connectivity index (χ2v) is 12.8. The van der Waals surface area contributed by atoms with Gasteiger partial charge in [0.25, 0.3) is 0 Å². The van der Waals surface area contributed by atoms with Crippen molar-refractivity contribution < 1.29 is 19.5 Å². The Hall–Kier alpha value is -3.36. The Morgan fingerprint density at radius 1 is 1.05 bits per heavy atom. The fraction of sp³-hybridized carbons (Fsp3) is 0.424. The molecule has 1 spiro atoms. The molecule has 216 valence electrons. The van der Waals surface area contributed by atoms with Gasteiger partial charge < -0.3 is 19.8 Å². The molecule has 3 aliphatic rings. The molecule has 3 heterocycles. The summed E-state index contributed by atoms with van der Waals surface area (Å²) in [6, 6.07) is 18.6. The molecule has 3 unspecified atom stereocenters. The number of rotatable bonds is 12. The van der Waals surface area contributed by atoms with E-state index in [-0.39, 0.29) is 42.0 Å². The second kappa shape index (κ2) is 12.2. The maximum Gasteiger partial charge on any atom is 0.247 e. The fourth-order valence-electron chi connectivity index (χ4n) is 7.17. The third kappa shape index (κ3) is 5.01. The summed E-state index contributed by atoms with van der Waals surface area (Å²) in [5, 5.41) is 9.63. The highest BCUT2D eigenvalue weighted by molar-refractivity contribution is 8.02. The molecule has 8 heteroatoms. The van der Waals surface area contributed by atoms with Crippen molar-refractivity contribution in [1.82, 2.24) is 9.80 Å². The van der Waals surface area contributed by atoms with Crippen molar-refractivity contribution >= 4 is 35.2 Å². The van der Waals surface area contributed by atoms with Gasteiger partial charge in [0.15, 0.2) is 0 Å². The Labute approximate surface area is 246 Å². The summed E-state index contributed by atoms with van der Waals surface area (Å²) in [4.78, 5) is 48.4. The number of fused-ring (bicyclic) bond motifs is 1. The monoisotopic (exact) mass is 573 g/mol. The molecular formula is C33H39N3O4S. The van der Waals surface area contributed by atoms with Crippen LogP contribution in [0.15, 0.2) is 86.0 Å². The molecule has 6 atom stereocenters. The minimum atomic E-state index is -0.721. The Balaban J connectivity index is 1.54. The average molecular weight is 574 g/mol. The first-order valence-electron chi connectivity index (χ1n) is 14.4. The molecule has 5 rings (SSSR count). The van der Waals surface area contributed by atoms with Gasteiger partial charge in [-0.3, -0.25) is 14.4 Å². The van der Waals surface area contributed by atoms with Crippen molar-refractivity contribution in [2.24, 2.45) is 17.8 Å².